The Morgan fingerprint density at radius 3 is 2.42 bits per heavy atom. The van der Waals surface area contributed by atoms with Crippen LogP contribution in [-0.2, 0) is 14.8 Å². The van der Waals surface area contributed by atoms with Crippen molar-refractivity contribution in [2.75, 3.05) is 24.7 Å². The minimum absolute atomic E-state index is 0.153. The minimum atomic E-state index is -3.16. The fourth-order valence-electron chi connectivity index (χ4n) is 2.03. The summed E-state index contributed by atoms with van der Waals surface area (Å²) in [6, 6.07) is 1.67. The molecule has 1 amide bonds. The van der Waals surface area contributed by atoms with E-state index >= 15 is 0 Å². The molecular weight excluding hydrogens is 268 g/mol. The van der Waals surface area contributed by atoms with Gasteiger partial charge in [0.25, 0.3) is 0 Å². The normalized spacial score (nSPS) is 18.2. The molecule has 0 aromatic carbocycles. The van der Waals surface area contributed by atoms with Crippen molar-refractivity contribution in [1.82, 2.24) is 14.3 Å². The van der Waals surface area contributed by atoms with E-state index in [-0.39, 0.29) is 17.8 Å². The van der Waals surface area contributed by atoms with Crippen LogP contribution in [-0.4, -0.2) is 47.9 Å². The van der Waals surface area contributed by atoms with Gasteiger partial charge in [-0.3, -0.25) is 10.1 Å². The van der Waals surface area contributed by atoms with Crippen molar-refractivity contribution in [3.8, 4) is 0 Å². The molecule has 0 aliphatic carbocycles. The lowest BCUT2D eigenvalue weighted by Crippen LogP contribution is -2.41. The molecule has 1 aliphatic rings. The highest BCUT2D eigenvalue weighted by Gasteiger charge is 2.29. The third-order valence-corrected chi connectivity index (χ3v) is 4.40. The number of carbonyl (C=O) groups is 1. The lowest BCUT2D eigenvalue weighted by molar-refractivity contribution is -0.121. The average Bonchev–Trinajstić information content (AvgIpc) is 2.39. The summed E-state index contributed by atoms with van der Waals surface area (Å²) < 4.78 is 24.1. The molecule has 1 aromatic heterocycles. The molecule has 1 fully saturated rings. The number of hydrogen-bond acceptors (Lipinski definition) is 5. The Morgan fingerprint density at radius 1 is 1.32 bits per heavy atom. The van der Waals surface area contributed by atoms with Crippen molar-refractivity contribution in [2.24, 2.45) is 5.92 Å². The third-order valence-electron chi connectivity index (χ3n) is 3.09. The molecule has 7 nitrogen and oxygen atoms in total. The topological polar surface area (TPSA) is 92.3 Å². The van der Waals surface area contributed by atoms with Gasteiger partial charge in [-0.1, -0.05) is 0 Å². The van der Waals surface area contributed by atoms with Crippen LogP contribution in [0.3, 0.4) is 0 Å². The summed E-state index contributed by atoms with van der Waals surface area (Å²) in [6.45, 7) is 0.763. The van der Waals surface area contributed by atoms with Crippen molar-refractivity contribution in [1.29, 1.82) is 0 Å². The molecule has 2 rings (SSSR count). The second-order valence-electron chi connectivity index (χ2n) is 4.50. The van der Waals surface area contributed by atoms with Gasteiger partial charge in [0.1, 0.15) is 0 Å². The first kappa shape index (κ1) is 13.9. The number of rotatable bonds is 3. The maximum Gasteiger partial charge on any atom is 0.229 e. The highest BCUT2D eigenvalue weighted by atomic mass is 32.2. The molecule has 8 heteroatoms. The minimum Gasteiger partial charge on any atom is -0.294 e. The molecule has 0 saturated carbocycles. The van der Waals surface area contributed by atoms with E-state index in [4.69, 9.17) is 0 Å². The summed E-state index contributed by atoms with van der Waals surface area (Å²) in [4.78, 5) is 19.8. The van der Waals surface area contributed by atoms with Crippen LogP contribution in [0.15, 0.2) is 18.5 Å². The highest BCUT2D eigenvalue weighted by Crippen LogP contribution is 2.20. The molecule has 0 atom stereocenters. The second-order valence-corrected chi connectivity index (χ2v) is 6.48. The standard InChI is InChI=1S/C11H16N4O3S/c1-19(17,18)15-7-3-9(4-8-15)10(16)14-11-12-5-2-6-13-11/h2,5-6,9H,3-4,7-8H2,1H3,(H,12,13,14,16). The van der Waals surface area contributed by atoms with E-state index in [1.54, 1.807) is 18.5 Å². The maximum absolute atomic E-state index is 12.0. The van der Waals surface area contributed by atoms with Gasteiger partial charge >= 0.3 is 0 Å². The van der Waals surface area contributed by atoms with Crippen LogP contribution in [0.1, 0.15) is 12.8 Å². The van der Waals surface area contributed by atoms with Gasteiger partial charge in [0.15, 0.2) is 0 Å². The third kappa shape index (κ3) is 3.71. The molecule has 2 heterocycles. The van der Waals surface area contributed by atoms with E-state index < -0.39 is 10.0 Å². The number of nitrogens with zero attached hydrogens (tertiary/aromatic N) is 3. The van der Waals surface area contributed by atoms with E-state index in [2.05, 4.69) is 15.3 Å². The van der Waals surface area contributed by atoms with E-state index in [1.165, 1.54) is 10.6 Å². The zero-order valence-corrected chi connectivity index (χ0v) is 11.4. The summed E-state index contributed by atoms with van der Waals surface area (Å²) in [5.74, 6) is -0.0702. The Hall–Kier alpha value is -1.54. The van der Waals surface area contributed by atoms with Gasteiger partial charge in [0.2, 0.25) is 21.9 Å². The maximum atomic E-state index is 12.0. The van der Waals surface area contributed by atoms with Crippen LogP contribution in [0.5, 0.6) is 0 Å². The lowest BCUT2D eigenvalue weighted by atomic mass is 9.97. The molecule has 1 aliphatic heterocycles. The predicted molar refractivity (Wildman–Crippen MR) is 69.8 cm³/mol. The number of amides is 1. The van der Waals surface area contributed by atoms with Gasteiger partial charge in [-0.25, -0.2) is 22.7 Å². The van der Waals surface area contributed by atoms with Gasteiger partial charge in [0.05, 0.1) is 6.26 Å². The largest absolute Gasteiger partial charge is 0.294 e. The van der Waals surface area contributed by atoms with Crippen molar-refractivity contribution in [2.45, 2.75) is 12.8 Å². The quantitative estimate of drug-likeness (QED) is 0.849. The molecule has 104 valence electrons. The number of aromatic nitrogens is 2. The van der Waals surface area contributed by atoms with E-state index in [0.717, 1.165) is 0 Å². The molecule has 1 aromatic rings. The summed E-state index contributed by atoms with van der Waals surface area (Å²) in [6.07, 6.45) is 5.33. The molecule has 0 radical (unpaired) electrons. The lowest BCUT2D eigenvalue weighted by Gasteiger charge is -2.29. The Labute approximate surface area is 112 Å². The number of carbonyl (C=O) groups excluding carboxylic acids is 1. The number of sulfonamides is 1. The highest BCUT2D eigenvalue weighted by molar-refractivity contribution is 7.88. The SMILES string of the molecule is CS(=O)(=O)N1CCC(C(=O)Nc2ncccn2)CC1. The first-order valence-corrected chi connectivity index (χ1v) is 7.84. The zero-order valence-electron chi connectivity index (χ0n) is 10.6. The monoisotopic (exact) mass is 284 g/mol. The summed E-state index contributed by atoms with van der Waals surface area (Å²) >= 11 is 0. The molecule has 1 saturated heterocycles. The number of hydrogen-bond donors (Lipinski definition) is 1. The van der Waals surface area contributed by atoms with Crippen molar-refractivity contribution in [3.63, 3.8) is 0 Å². The fraction of sp³-hybridized carbons (Fsp3) is 0.545. The molecule has 19 heavy (non-hydrogen) atoms. The Balaban J connectivity index is 1.90. The molecule has 0 spiro atoms. The first-order valence-electron chi connectivity index (χ1n) is 6.00. The summed E-state index contributed by atoms with van der Waals surface area (Å²) in [7, 11) is -3.16. The van der Waals surface area contributed by atoms with Crippen LogP contribution in [0.2, 0.25) is 0 Å². The molecule has 0 bridgehead atoms. The van der Waals surface area contributed by atoms with Crippen molar-refractivity contribution in [3.05, 3.63) is 18.5 Å². The van der Waals surface area contributed by atoms with E-state index in [1.807, 2.05) is 0 Å². The molecule has 1 N–H and O–H groups in total. The van der Waals surface area contributed by atoms with Crippen molar-refractivity contribution >= 4 is 21.9 Å². The number of anilines is 1. The fourth-order valence-corrected chi connectivity index (χ4v) is 2.90. The smallest absolute Gasteiger partial charge is 0.229 e. The van der Waals surface area contributed by atoms with Crippen LogP contribution in [0.25, 0.3) is 0 Å². The van der Waals surface area contributed by atoms with Crippen LogP contribution >= 0.6 is 0 Å². The average molecular weight is 284 g/mol. The predicted octanol–water partition coefficient (Wildman–Crippen LogP) is 0.0867. The zero-order chi connectivity index (χ0) is 13.9. The van der Waals surface area contributed by atoms with Crippen molar-refractivity contribution < 1.29 is 13.2 Å². The first-order chi connectivity index (χ1) is 8.97. The summed E-state index contributed by atoms with van der Waals surface area (Å²) in [5, 5.41) is 2.64. The van der Waals surface area contributed by atoms with E-state index in [9.17, 15) is 13.2 Å². The Bertz CT molecular complexity index is 538. The Morgan fingerprint density at radius 2 is 1.89 bits per heavy atom. The van der Waals surface area contributed by atoms with E-state index in [0.29, 0.717) is 25.9 Å². The van der Waals surface area contributed by atoms with Gasteiger partial charge in [-0.15, -0.1) is 0 Å². The number of nitrogens with one attached hydrogen (secondary N) is 1. The number of piperidine rings is 1. The molecule has 0 unspecified atom stereocenters. The van der Waals surface area contributed by atoms with Crippen LogP contribution in [0, 0.1) is 5.92 Å². The summed E-state index contributed by atoms with van der Waals surface area (Å²) in [5.41, 5.74) is 0. The van der Waals surface area contributed by atoms with Crippen LogP contribution in [0.4, 0.5) is 5.95 Å². The van der Waals surface area contributed by atoms with Gasteiger partial charge in [-0.2, -0.15) is 0 Å². The van der Waals surface area contributed by atoms with Gasteiger partial charge in [0, 0.05) is 31.4 Å². The second kappa shape index (κ2) is 5.62. The van der Waals surface area contributed by atoms with Crippen LogP contribution < -0.4 is 5.32 Å². The Kier molecular flexibility index (Phi) is 4.11. The molecular formula is C11H16N4O3S. The van der Waals surface area contributed by atoms with Gasteiger partial charge in [-0.05, 0) is 18.9 Å². The van der Waals surface area contributed by atoms with Gasteiger partial charge < -0.3 is 0 Å².